The van der Waals surface area contributed by atoms with E-state index in [9.17, 15) is 0 Å². The van der Waals surface area contributed by atoms with Crippen molar-refractivity contribution in [2.45, 2.75) is 0 Å². The van der Waals surface area contributed by atoms with E-state index in [0.717, 1.165) is 33.7 Å². The molecule has 1 aromatic heterocycles. The van der Waals surface area contributed by atoms with Gasteiger partial charge in [-0.2, -0.15) is 0 Å². The summed E-state index contributed by atoms with van der Waals surface area (Å²) < 4.78 is 17.4. The zero-order chi connectivity index (χ0) is 33.0. The van der Waals surface area contributed by atoms with Crippen LogP contribution in [0.1, 0.15) is 11.1 Å². The van der Waals surface area contributed by atoms with Crippen molar-refractivity contribution in [1.29, 1.82) is 0 Å². The minimum absolute atomic E-state index is 0.267. The third kappa shape index (κ3) is 5.95. The molecule has 0 unspecified atom stereocenters. The fourth-order valence-corrected chi connectivity index (χ4v) is 6.59. The van der Waals surface area contributed by atoms with Crippen LogP contribution in [0, 0.1) is 5.82 Å². The lowest BCUT2D eigenvalue weighted by molar-refractivity contribution is 0.629. The van der Waals surface area contributed by atoms with Crippen LogP contribution in [0.15, 0.2) is 188 Å². The van der Waals surface area contributed by atoms with E-state index in [1.165, 1.54) is 33.8 Å². The predicted molar refractivity (Wildman–Crippen MR) is 204 cm³/mol. The summed E-state index contributed by atoms with van der Waals surface area (Å²) in [5, 5.41) is 1.19. The largest absolute Gasteiger partial charge is 0.309 e. The van der Waals surface area contributed by atoms with Gasteiger partial charge in [-0.1, -0.05) is 140 Å². The van der Waals surface area contributed by atoms with Gasteiger partial charge >= 0.3 is 0 Å². The fourth-order valence-electron chi connectivity index (χ4n) is 6.59. The lowest BCUT2D eigenvalue weighted by atomic mass is 9.97. The molecule has 0 bridgehead atoms. The minimum Gasteiger partial charge on any atom is -0.309 e. The summed E-state index contributed by atoms with van der Waals surface area (Å²) in [4.78, 5) is 1.95. The smallest absolute Gasteiger partial charge is 0.147 e. The third-order valence-electron chi connectivity index (χ3n) is 8.84. The van der Waals surface area contributed by atoms with E-state index >= 15 is 4.39 Å². The van der Waals surface area contributed by atoms with Crippen LogP contribution in [0.5, 0.6) is 0 Å². The molecular formula is C46H33FN2. The second-order valence-corrected chi connectivity index (χ2v) is 12.0. The maximum atomic E-state index is 15.0. The third-order valence-corrected chi connectivity index (χ3v) is 8.84. The van der Waals surface area contributed by atoms with E-state index in [-0.39, 0.29) is 5.82 Å². The number of aromatic nitrogens is 1. The SMILES string of the molecule is Fc1ccccc1N(c1ccccc1)c1ccc(C=Cc2ccc3c(c2)c(-c2ccccc2)c(-c2ccccc2)n3-c2ccccc2)cc1. The summed E-state index contributed by atoms with van der Waals surface area (Å²) in [5.41, 5.74) is 11.5. The Bertz CT molecular complexity index is 2360. The molecule has 0 amide bonds. The zero-order valence-electron chi connectivity index (χ0n) is 26.8. The van der Waals surface area contributed by atoms with Crippen molar-refractivity contribution in [3.05, 3.63) is 205 Å². The second-order valence-electron chi connectivity index (χ2n) is 12.0. The van der Waals surface area contributed by atoms with Crippen molar-refractivity contribution in [1.82, 2.24) is 4.57 Å². The molecule has 0 aliphatic rings. The molecule has 49 heavy (non-hydrogen) atoms. The van der Waals surface area contributed by atoms with Crippen LogP contribution in [-0.2, 0) is 0 Å². The quantitative estimate of drug-likeness (QED) is 0.151. The molecule has 7 aromatic carbocycles. The fraction of sp³-hybridized carbons (Fsp3) is 0. The maximum Gasteiger partial charge on any atom is 0.147 e. The van der Waals surface area contributed by atoms with Crippen LogP contribution in [0.3, 0.4) is 0 Å². The Balaban J connectivity index is 1.21. The Morgan fingerprint density at radius 1 is 0.469 bits per heavy atom. The highest BCUT2D eigenvalue weighted by molar-refractivity contribution is 6.06. The van der Waals surface area contributed by atoms with E-state index in [2.05, 4.69) is 138 Å². The van der Waals surface area contributed by atoms with E-state index in [1.807, 2.05) is 59.5 Å². The molecule has 8 aromatic rings. The van der Waals surface area contributed by atoms with Crippen LogP contribution in [0.2, 0.25) is 0 Å². The number of benzene rings is 7. The molecule has 0 N–H and O–H groups in total. The van der Waals surface area contributed by atoms with Gasteiger partial charge in [0.15, 0.2) is 0 Å². The monoisotopic (exact) mass is 632 g/mol. The van der Waals surface area contributed by atoms with E-state index in [4.69, 9.17) is 0 Å². The van der Waals surface area contributed by atoms with Crippen LogP contribution in [0.25, 0.3) is 51.1 Å². The molecule has 0 saturated heterocycles. The van der Waals surface area contributed by atoms with Gasteiger partial charge in [-0.25, -0.2) is 4.39 Å². The van der Waals surface area contributed by atoms with Gasteiger partial charge in [0.05, 0.1) is 16.9 Å². The Labute approximate surface area is 286 Å². The minimum atomic E-state index is -0.267. The zero-order valence-corrected chi connectivity index (χ0v) is 26.8. The predicted octanol–water partition coefficient (Wildman–Crippen LogP) is 12.7. The van der Waals surface area contributed by atoms with E-state index in [1.54, 1.807) is 6.07 Å². The van der Waals surface area contributed by atoms with Crippen molar-refractivity contribution in [2.75, 3.05) is 4.90 Å². The molecule has 0 spiro atoms. The Morgan fingerprint density at radius 2 is 1.00 bits per heavy atom. The number of rotatable bonds is 8. The van der Waals surface area contributed by atoms with Gasteiger partial charge in [0.1, 0.15) is 5.82 Å². The van der Waals surface area contributed by atoms with E-state index in [0.29, 0.717) is 5.69 Å². The number of hydrogen-bond acceptors (Lipinski definition) is 1. The maximum absolute atomic E-state index is 15.0. The summed E-state index contributed by atoms with van der Waals surface area (Å²) in [6.07, 6.45) is 4.30. The van der Waals surface area contributed by atoms with Gasteiger partial charge in [-0.05, 0) is 82.9 Å². The van der Waals surface area contributed by atoms with Crippen molar-refractivity contribution >= 4 is 40.1 Å². The first-order valence-electron chi connectivity index (χ1n) is 16.5. The van der Waals surface area contributed by atoms with Crippen molar-refractivity contribution < 1.29 is 4.39 Å². The summed E-state index contributed by atoms with van der Waals surface area (Å²) >= 11 is 0. The van der Waals surface area contributed by atoms with Crippen molar-refractivity contribution in [3.63, 3.8) is 0 Å². The van der Waals surface area contributed by atoms with Gasteiger partial charge < -0.3 is 9.47 Å². The summed E-state index contributed by atoms with van der Waals surface area (Å²) in [7, 11) is 0. The highest BCUT2D eigenvalue weighted by Crippen LogP contribution is 2.43. The van der Waals surface area contributed by atoms with Crippen LogP contribution in [0.4, 0.5) is 21.5 Å². The van der Waals surface area contributed by atoms with Crippen molar-refractivity contribution in [3.8, 4) is 28.1 Å². The molecule has 0 radical (unpaired) electrons. The van der Waals surface area contributed by atoms with Gasteiger partial charge in [0.2, 0.25) is 0 Å². The average molecular weight is 633 g/mol. The highest BCUT2D eigenvalue weighted by atomic mass is 19.1. The van der Waals surface area contributed by atoms with Gasteiger partial charge in [0, 0.05) is 28.0 Å². The lowest BCUT2D eigenvalue weighted by Gasteiger charge is -2.25. The molecular weight excluding hydrogens is 600 g/mol. The standard InChI is InChI=1S/C46H33FN2/c47-42-23-13-14-24-44(42)48(38-19-9-3-10-20-38)40-30-27-34(28-31-40)25-26-35-29-32-43-41(33-35)45(36-15-5-1-6-16-36)46(37-17-7-2-8-18-37)49(43)39-21-11-4-12-22-39/h1-33H. The number of fused-ring (bicyclic) bond motifs is 1. The Morgan fingerprint density at radius 3 is 1.67 bits per heavy atom. The highest BCUT2D eigenvalue weighted by Gasteiger charge is 2.21. The molecule has 0 fully saturated rings. The molecule has 0 atom stereocenters. The van der Waals surface area contributed by atoms with Gasteiger partial charge in [-0.3, -0.25) is 0 Å². The van der Waals surface area contributed by atoms with Crippen LogP contribution in [-0.4, -0.2) is 4.57 Å². The van der Waals surface area contributed by atoms with Crippen LogP contribution >= 0.6 is 0 Å². The van der Waals surface area contributed by atoms with Crippen LogP contribution < -0.4 is 4.90 Å². The van der Waals surface area contributed by atoms with Crippen molar-refractivity contribution in [2.24, 2.45) is 0 Å². The summed E-state index contributed by atoms with van der Waals surface area (Å²) in [6, 6.07) is 63.7. The Hall–Kier alpha value is -6.45. The molecule has 8 rings (SSSR count). The average Bonchev–Trinajstić information content (AvgIpc) is 3.51. The molecule has 2 nitrogen and oxygen atoms in total. The first-order chi connectivity index (χ1) is 24.2. The van der Waals surface area contributed by atoms with Gasteiger partial charge in [-0.15, -0.1) is 0 Å². The first-order valence-corrected chi connectivity index (χ1v) is 16.5. The molecule has 234 valence electrons. The number of hydrogen-bond donors (Lipinski definition) is 0. The second kappa shape index (κ2) is 13.3. The normalized spacial score (nSPS) is 11.3. The van der Waals surface area contributed by atoms with E-state index < -0.39 is 0 Å². The summed E-state index contributed by atoms with van der Waals surface area (Å²) in [5.74, 6) is -0.267. The molecule has 1 heterocycles. The number of nitrogens with zero attached hydrogens (tertiary/aromatic N) is 2. The number of para-hydroxylation sites is 3. The number of anilines is 3. The summed E-state index contributed by atoms with van der Waals surface area (Å²) in [6.45, 7) is 0. The molecule has 0 aliphatic carbocycles. The Kier molecular flexibility index (Phi) is 8.15. The first kappa shape index (κ1) is 29.9. The van der Waals surface area contributed by atoms with Gasteiger partial charge in [0.25, 0.3) is 0 Å². The lowest BCUT2D eigenvalue weighted by Crippen LogP contribution is -2.11. The molecule has 3 heteroatoms. The number of halogens is 1. The molecule has 0 saturated carbocycles. The topological polar surface area (TPSA) is 8.17 Å². The molecule has 0 aliphatic heterocycles.